The quantitative estimate of drug-likeness (QED) is 0.834. The van der Waals surface area contributed by atoms with Crippen molar-refractivity contribution in [2.75, 3.05) is 0 Å². The molecule has 0 amide bonds. The van der Waals surface area contributed by atoms with Crippen LogP contribution in [0, 0.1) is 6.92 Å². The predicted octanol–water partition coefficient (Wildman–Crippen LogP) is 1.81. The summed E-state index contributed by atoms with van der Waals surface area (Å²) < 4.78 is 37.0. The van der Waals surface area contributed by atoms with Gasteiger partial charge in [0.2, 0.25) is 0 Å². The van der Waals surface area contributed by atoms with Crippen molar-refractivity contribution in [1.82, 2.24) is 4.98 Å². The van der Waals surface area contributed by atoms with E-state index in [1.165, 1.54) is 0 Å². The van der Waals surface area contributed by atoms with E-state index in [0.29, 0.717) is 0 Å². The zero-order chi connectivity index (χ0) is 13.4. The molecule has 1 aromatic heterocycles. The van der Waals surface area contributed by atoms with Crippen LogP contribution in [0.1, 0.15) is 32.1 Å². The van der Waals surface area contributed by atoms with Gasteiger partial charge in [-0.3, -0.25) is 0 Å². The van der Waals surface area contributed by atoms with Gasteiger partial charge in [-0.2, -0.15) is 13.2 Å². The van der Waals surface area contributed by atoms with Crippen molar-refractivity contribution in [3.63, 3.8) is 0 Å². The van der Waals surface area contributed by atoms with Crippen molar-refractivity contribution in [3.8, 4) is 0 Å². The summed E-state index contributed by atoms with van der Waals surface area (Å²) in [6.45, 7) is 1.01. The van der Waals surface area contributed by atoms with Crippen LogP contribution in [0.5, 0.6) is 0 Å². The molecule has 8 heteroatoms. The third kappa shape index (κ3) is 2.52. The Balaban J connectivity index is 3.58. The van der Waals surface area contributed by atoms with Crippen LogP contribution in [-0.2, 0) is 6.18 Å². The first kappa shape index (κ1) is 12.9. The lowest BCUT2D eigenvalue weighted by molar-refractivity contribution is -0.141. The van der Waals surface area contributed by atoms with Gasteiger partial charge < -0.3 is 10.2 Å². The third-order valence-electron chi connectivity index (χ3n) is 1.94. The van der Waals surface area contributed by atoms with Gasteiger partial charge in [-0.25, -0.2) is 14.6 Å². The van der Waals surface area contributed by atoms with Crippen LogP contribution in [0.4, 0.5) is 13.2 Å². The van der Waals surface area contributed by atoms with E-state index in [-0.39, 0.29) is 6.07 Å². The number of hydrogen-bond donors (Lipinski definition) is 2. The summed E-state index contributed by atoms with van der Waals surface area (Å²) in [5.41, 5.74) is -3.61. The molecule has 0 atom stereocenters. The molecule has 0 aromatic carbocycles. The molecule has 0 spiro atoms. The molecule has 5 nitrogen and oxygen atoms in total. The highest BCUT2D eigenvalue weighted by molar-refractivity contribution is 6.02. The van der Waals surface area contributed by atoms with Crippen molar-refractivity contribution in [2.24, 2.45) is 0 Å². The lowest BCUT2D eigenvalue weighted by Gasteiger charge is -2.10. The fraction of sp³-hybridized carbons (Fsp3) is 0.222. The Kier molecular flexibility index (Phi) is 3.08. The van der Waals surface area contributed by atoms with Gasteiger partial charge in [0, 0.05) is 0 Å². The van der Waals surface area contributed by atoms with Gasteiger partial charge in [-0.05, 0) is 13.0 Å². The van der Waals surface area contributed by atoms with Crippen molar-refractivity contribution in [2.45, 2.75) is 13.1 Å². The summed E-state index contributed by atoms with van der Waals surface area (Å²) in [5.74, 6) is -3.39. The summed E-state index contributed by atoms with van der Waals surface area (Å²) in [7, 11) is 0. The molecule has 1 rings (SSSR count). The predicted molar refractivity (Wildman–Crippen MR) is 47.9 cm³/mol. The Morgan fingerprint density at radius 2 is 1.76 bits per heavy atom. The highest BCUT2D eigenvalue weighted by Gasteiger charge is 2.35. The summed E-state index contributed by atoms with van der Waals surface area (Å²) in [5, 5.41) is 17.4. The standard InChI is InChI=1S/C9H6F3NO4/c1-3-6(8(16)17)4(7(14)15)2-5(13-3)9(10,11)12/h2H,1H3,(H,14,15)(H,16,17). The first-order chi connectivity index (χ1) is 7.64. The Morgan fingerprint density at radius 1 is 1.24 bits per heavy atom. The molecule has 0 fully saturated rings. The molecule has 0 radical (unpaired) electrons. The SMILES string of the molecule is Cc1nc(C(F)(F)F)cc(C(=O)O)c1C(=O)O. The third-order valence-corrected chi connectivity index (χ3v) is 1.94. The van der Waals surface area contributed by atoms with E-state index < -0.39 is 40.6 Å². The first-order valence-corrected chi connectivity index (χ1v) is 4.20. The summed E-state index contributed by atoms with van der Waals surface area (Å²) in [4.78, 5) is 24.5. The number of pyridine rings is 1. The van der Waals surface area contributed by atoms with Crippen molar-refractivity contribution < 1.29 is 33.0 Å². The minimum absolute atomic E-state index is 0.207. The lowest BCUT2D eigenvalue weighted by Crippen LogP contribution is -2.17. The molecule has 0 aliphatic rings. The largest absolute Gasteiger partial charge is 0.478 e. The van der Waals surface area contributed by atoms with Crippen LogP contribution in [0.2, 0.25) is 0 Å². The van der Waals surface area contributed by atoms with E-state index in [0.717, 1.165) is 6.92 Å². The van der Waals surface area contributed by atoms with Crippen molar-refractivity contribution in [3.05, 3.63) is 28.6 Å². The van der Waals surface area contributed by atoms with E-state index in [4.69, 9.17) is 10.2 Å². The van der Waals surface area contributed by atoms with E-state index in [1.807, 2.05) is 0 Å². The maximum absolute atomic E-state index is 12.3. The molecule has 0 aliphatic carbocycles. The van der Waals surface area contributed by atoms with E-state index >= 15 is 0 Å². The Bertz CT molecular complexity index is 496. The Morgan fingerprint density at radius 3 is 2.12 bits per heavy atom. The molecule has 0 aliphatic heterocycles. The number of carbonyl (C=O) groups is 2. The number of nitrogens with zero attached hydrogens (tertiary/aromatic N) is 1. The highest BCUT2D eigenvalue weighted by atomic mass is 19.4. The fourth-order valence-corrected chi connectivity index (χ4v) is 1.26. The maximum Gasteiger partial charge on any atom is 0.433 e. The van der Waals surface area contributed by atoms with Gasteiger partial charge in [0.15, 0.2) is 0 Å². The van der Waals surface area contributed by atoms with E-state index in [1.54, 1.807) is 0 Å². The molecule has 1 heterocycles. The molecule has 0 bridgehead atoms. The number of aryl methyl sites for hydroxylation is 1. The molecule has 17 heavy (non-hydrogen) atoms. The number of carboxylic acids is 2. The topological polar surface area (TPSA) is 87.5 Å². The van der Waals surface area contributed by atoms with Gasteiger partial charge in [-0.15, -0.1) is 0 Å². The van der Waals surface area contributed by atoms with E-state index in [2.05, 4.69) is 4.98 Å². The maximum atomic E-state index is 12.3. The van der Waals surface area contributed by atoms with Crippen molar-refractivity contribution in [1.29, 1.82) is 0 Å². The van der Waals surface area contributed by atoms with Crippen LogP contribution < -0.4 is 0 Å². The second-order valence-electron chi connectivity index (χ2n) is 3.12. The van der Waals surface area contributed by atoms with Crippen molar-refractivity contribution >= 4 is 11.9 Å². The average molecular weight is 249 g/mol. The molecular formula is C9H6F3NO4. The van der Waals surface area contributed by atoms with Crippen LogP contribution in [-0.4, -0.2) is 27.1 Å². The Hall–Kier alpha value is -2.12. The van der Waals surface area contributed by atoms with Gasteiger partial charge in [-0.1, -0.05) is 0 Å². The number of alkyl halides is 3. The minimum atomic E-state index is -4.83. The molecule has 2 N–H and O–H groups in total. The van der Waals surface area contributed by atoms with Gasteiger partial charge in [0.1, 0.15) is 5.69 Å². The van der Waals surface area contributed by atoms with Crippen LogP contribution in [0.25, 0.3) is 0 Å². The number of halogens is 3. The zero-order valence-electron chi connectivity index (χ0n) is 8.37. The fourth-order valence-electron chi connectivity index (χ4n) is 1.26. The Labute approximate surface area is 92.5 Å². The number of aromatic nitrogens is 1. The van der Waals surface area contributed by atoms with Crippen LogP contribution >= 0.6 is 0 Å². The molecule has 0 saturated heterocycles. The molecule has 1 aromatic rings. The molecule has 0 saturated carbocycles. The normalized spacial score (nSPS) is 11.3. The van der Waals surface area contributed by atoms with Gasteiger partial charge in [0.25, 0.3) is 0 Å². The summed E-state index contributed by atoms with van der Waals surface area (Å²) >= 11 is 0. The summed E-state index contributed by atoms with van der Waals surface area (Å²) in [6.07, 6.45) is -4.83. The van der Waals surface area contributed by atoms with Crippen LogP contribution in [0.3, 0.4) is 0 Å². The summed E-state index contributed by atoms with van der Waals surface area (Å²) in [6, 6.07) is 0.207. The number of rotatable bonds is 2. The van der Waals surface area contributed by atoms with Gasteiger partial charge >= 0.3 is 18.1 Å². The second-order valence-corrected chi connectivity index (χ2v) is 3.12. The van der Waals surface area contributed by atoms with E-state index in [9.17, 15) is 22.8 Å². The van der Waals surface area contributed by atoms with Crippen LogP contribution in [0.15, 0.2) is 6.07 Å². The van der Waals surface area contributed by atoms with Gasteiger partial charge in [0.05, 0.1) is 16.8 Å². The first-order valence-electron chi connectivity index (χ1n) is 4.20. The monoisotopic (exact) mass is 249 g/mol. The minimum Gasteiger partial charge on any atom is -0.478 e. The second kappa shape index (κ2) is 4.04. The number of hydrogen-bond acceptors (Lipinski definition) is 3. The zero-order valence-corrected chi connectivity index (χ0v) is 8.37. The number of aromatic carboxylic acids is 2. The number of carboxylic acid groups (broad SMARTS) is 2. The molecule has 0 unspecified atom stereocenters. The smallest absolute Gasteiger partial charge is 0.433 e. The highest BCUT2D eigenvalue weighted by Crippen LogP contribution is 2.29. The molecule has 92 valence electrons. The molecular weight excluding hydrogens is 243 g/mol. The average Bonchev–Trinajstić information content (AvgIpc) is 2.13. The lowest BCUT2D eigenvalue weighted by atomic mass is 10.1.